The second-order valence-corrected chi connectivity index (χ2v) is 7.52. The average Bonchev–Trinajstić information content (AvgIpc) is 3.05. The SMILES string of the molecule is CC(C)(C)Nc1nc(NCc2cccs2)cc(-c2ccccn2)n1. The molecule has 0 saturated carbocycles. The van der Waals surface area contributed by atoms with E-state index in [0.717, 1.165) is 23.8 Å². The minimum absolute atomic E-state index is 0.117. The average molecular weight is 339 g/mol. The molecule has 0 radical (unpaired) electrons. The van der Waals surface area contributed by atoms with Crippen molar-refractivity contribution in [1.29, 1.82) is 0 Å². The number of thiophene rings is 1. The molecule has 124 valence electrons. The molecule has 0 aliphatic rings. The van der Waals surface area contributed by atoms with Crippen molar-refractivity contribution >= 4 is 23.1 Å². The summed E-state index contributed by atoms with van der Waals surface area (Å²) in [7, 11) is 0. The van der Waals surface area contributed by atoms with Crippen molar-refractivity contribution in [2.45, 2.75) is 32.9 Å². The predicted octanol–water partition coefficient (Wildman–Crippen LogP) is 4.42. The van der Waals surface area contributed by atoms with Gasteiger partial charge in [0.15, 0.2) is 0 Å². The lowest BCUT2D eigenvalue weighted by molar-refractivity contribution is 0.626. The summed E-state index contributed by atoms with van der Waals surface area (Å²) in [5.74, 6) is 1.38. The third-order valence-electron chi connectivity index (χ3n) is 3.16. The zero-order chi connectivity index (χ0) is 17.0. The van der Waals surface area contributed by atoms with Crippen LogP contribution in [0.5, 0.6) is 0 Å². The van der Waals surface area contributed by atoms with Crippen LogP contribution in [0.3, 0.4) is 0 Å². The molecule has 3 aromatic heterocycles. The first-order valence-corrected chi connectivity index (χ1v) is 8.72. The fourth-order valence-corrected chi connectivity index (χ4v) is 2.81. The van der Waals surface area contributed by atoms with Crippen LogP contribution in [0.2, 0.25) is 0 Å². The molecule has 0 unspecified atom stereocenters. The molecule has 2 N–H and O–H groups in total. The molecule has 0 aliphatic heterocycles. The van der Waals surface area contributed by atoms with Gasteiger partial charge in [0.1, 0.15) is 5.82 Å². The van der Waals surface area contributed by atoms with Gasteiger partial charge in [-0.2, -0.15) is 4.98 Å². The number of nitrogens with one attached hydrogen (secondary N) is 2. The lowest BCUT2D eigenvalue weighted by Gasteiger charge is -2.21. The van der Waals surface area contributed by atoms with Gasteiger partial charge in [-0.25, -0.2) is 4.98 Å². The first-order chi connectivity index (χ1) is 11.5. The summed E-state index contributed by atoms with van der Waals surface area (Å²) < 4.78 is 0. The zero-order valence-electron chi connectivity index (χ0n) is 14.1. The summed E-state index contributed by atoms with van der Waals surface area (Å²) in [5.41, 5.74) is 1.51. The van der Waals surface area contributed by atoms with Gasteiger partial charge in [0.05, 0.1) is 17.9 Å². The molecule has 3 aromatic rings. The third kappa shape index (κ3) is 4.52. The Morgan fingerprint density at radius 2 is 1.92 bits per heavy atom. The molecule has 0 aliphatic carbocycles. The van der Waals surface area contributed by atoms with Gasteiger partial charge in [0.2, 0.25) is 5.95 Å². The van der Waals surface area contributed by atoms with E-state index >= 15 is 0 Å². The fraction of sp³-hybridized carbons (Fsp3) is 0.278. The number of rotatable bonds is 5. The zero-order valence-corrected chi connectivity index (χ0v) is 14.9. The lowest BCUT2D eigenvalue weighted by atomic mass is 10.1. The van der Waals surface area contributed by atoms with Crippen LogP contribution >= 0.6 is 11.3 Å². The van der Waals surface area contributed by atoms with E-state index in [2.05, 4.69) is 57.8 Å². The maximum atomic E-state index is 4.61. The molecule has 0 atom stereocenters. The maximum Gasteiger partial charge on any atom is 0.225 e. The number of hydrogen-bond acceptors (Lipinski definition) is 6. The minimum Gasteiger partial charge on any atom is -0.365 e. The monoisotopic (exact) mass is 339 g/mol. The van der Waals surface area contributed by atoms with Gasteiger partial charge in [0, 0.05) is 22.7 Å². The van der Waals surface area contributed by atoms with Gasteiger partial charge in [0.25, 0.3) is 0 Å². The summed E-state index contributed by atoms with van der Waals surface area (Å²) in [6.07, 6.45) is 1.77. The van der Waals surface area contributed by atoms with Gasteiger partial charge in [-0.15, -0.1) is 11.3 Å². The van der Waals surface area contributed by atoms with Crippen LogP contribution in [0.4, 0.5) is 11.8 Å². The minimum atomic E-state index is -0.117. The molecule has 0 saturated heterocycles. The van der Waals surface area contributed by atoms with Crippen molar-refractivity contribution in [1.82, 2.24) is 15.0 Å². The Hall–Kier alpha value is -2.47. The Morgan fingerprint density at radius 3 is 2.58 bits per heavy atom. The Morgan fingerprint density at radius 1 is 1.04 bits per heavy atom. The number of hydrogen-bond donors (Lipinski definition) is 2. The molecule has 0 spiro atoms. The second-order valence-electron chi connectivity index (χ2n) is 6.48. The van der Waals surface area contributed by atoms with Crippen LogP contribution < -0.4 is 10.6 Å². The molecule has 6 heteroatoms. The molecule has 3 rings (SSSR count). The maximum absolute atomic E-state index is 4.61. The Balaban J connectivity index is 1.90. The molecule has 0 bridgehead atoms. The largest absolute Gasteiger partial charge is 0.365 e. The van der Waals surface area contributed by atoms with Crippen LogP contribution in [0.1, 0.15) is 25.6 Å². The van der Waals surface area contributed by atoms with Crippen LogP contribution in [0, 0.1) is 0 Å². The molecule has 0 aromatic carbocycles. The standard InChI is InChI=1S/C18H21N5S/c1-18(2,3)23-17-21-15(14-8-4-5-9-19-14)11-16(22-17)20-12-13-7-6-10-24-13/h4-11H,12H2,1-3H3,(H2,20,21,22,23). The van der Waals surface area contributed by atoms with Gasteiger partial charge in [-0.05, 0) is 44.4 Å². The highest BCUT2D eigenvalue weighted by Crippen LogP contribution is 2.22. The van der Waals surface area contributed by atoms with Crippen molar-refractivity contribution in [3.63, 3.8) is 0 Å². The molecular weight excluding hydrogens is 318 g/mol. The first-order valence-electron chi connectivity index (χ1n) is 7.84. The smallest absolute Gasteiger partial charge is 0.225 e. The van der Waals surface area contributed by atoms with E-state index in [0.29, 0.717) is 5.95 Å². The normalized spacial score (nSPS) is 11.3. The quantitative estimate of drug-likeness (QED) is 0.720. The summed E-state index contributed by atoms with van der Waals surface area (Å²) in [4.78, 5) is 14.9. The molecule has 3 heterocycles. The van der Waals surface area contributed by atoms with E-state index in [-0.39, 0.29) is 5.54 Å². The fourth-order valence-electron chi connectivity index (χ4n) is 2.17. The third-order valence-corrected chi connectivity index (χ3v) is 4.04. The topological polar surface area (TPSA) is 62.7 Å². The highest BCUT2D eigenvalue weighted by molar-refractivity contribution is 7.09. The summed E-state index contributed by atoms with van der Waals surface area (Å²) in [6.45, 7) is 7.00. The number of aromatic nitrogens is 3. The second kappa shape index (κ2) is 6.97. The Bertz CT molecular complexity index is 779. The Kier molecular flexibility index (Phi) is 4.76. The van der Waals surface area contributed by atoms with E-state index in [4.69, 9.17) is 0 Å². The van der Waals surface area contributed by atoms with Crippen LogP contribution in [-0.4, -0.2) is 20.5 Å². The molecule has 0 amide bonds. The van der Waals surface area contributed by atoms with Crippen LogP contribution in [-0.2, 0) is 6.54 Å². The van der Waals surface area contributed by atoms with Crippen molar-refractivity contribution in [2.24, 2.45) is 0 Å². The lowest BCUT2D eigenvalue weighted by Crippen LogP contribution is -2.27. The van der Waals surface area contributed by atoms with E-state index in [1.165, 1.54) is 4.88 Å². The van der Waals surface area contributed by atoms with E-state index in [1.54, 1.807) is 17.5 Å². The highest BCUT2D eigenvalue weighted by atomic mass is 32.1. The van der Waals surface area contributed by atoms with Crippen molar-refractivity contribution in [3.8, 4) is 11.4 Å². The molecule has 24 heavy (non-hydrogen) atoms. The van der Waals surface area contributed by atoms with Gasteiger partial charge >= 0.3 is 0 Å². The van der Waals surface area contributed by atoms with E-state index < -0.39 is 0 Å². The van der Waals surface area contributed by atoms with Gasteiger partial charge in [-0.1, -0.05) is 12.1 Å². The van der Waals surface area contributed by atoms with Crippen molar-refractivity contribution in [2.75, 3.05) is 10.6 Å². The van der Waals surface area contributed by atoms with Crippen LogP contribution in [0.15, 0.2) is 48.0 Å². The molecule has 0 fully saturated rings. The molecule has 5 nitrogen and oxygen atoms in total. The summed E-state index contributed by atoms with van der Waals surface area (Å²) in [6, 6.07) is 11.9. The van der Waals surface area contributed by atoms with E-state index in [1.807, 2.05) is 30.3 Å². The summed E-state index contributed by atoms with van der Waals surface area (Å²) in [5, 5.41) is 8.78. The van der Waals surface area contributed by atoms with Gasteiger partial charge < -0.3 is 10.6 Å². The Labute approximate surface area is 146 Å². The van der Waals surface area contributed by atoms with Crippen molar-refractivity contribution in [3.05, 3.63) is 52.9 Å². The number of nitrogens with zero attached hydrogens (tertiary/aromatic N) is 3. The van der Waals surface area contributed by atoms with Crippen molar-refractivity contribution < 1.29 is 0 Å². The highest BCUT2D eigenvalue weighted by Gasteiger charge is 2.14. The first kappa shape index (κ1) is 16.4. The summed E-state index contributed by atoms with van der Waals surface area (Å²) >= 11 is 1.72. The van der Waals surface area contributed by atoms with Gasteiger partial charge in [-0.3, -0.25) is 4.98 Å². The number of anilines is 2. The van der Waals surface area contributed by atoms with E-state index in [9.17, 15) is 0 Å². The molecular formula is C18H21N5S. The number of pyridine rings is 1. The van der Waals surface area contributed by atoms with Crippen LogP contribution in [0.25, 0.3) is 11.4 Å². The predicted molar refractivity (Wildman–Crippen MR) is 100 cm³/mol.